The maximum absolute atomic E-state index is 8.61. The second-order valence-electron chi connectivity index (χ2n) is 4.15. The van der Waals surface area contributed by atoms with Crippen LogP contribution in [0, 0.1) is 0 Å². The van der Waals surface area contributed by atoms with E-state index in [9.17, 15) is 0 Å². The molecule has 0 aliphatic rings. The number of aliphatic hydroxyl groups is 1. The Bertz CT molecular complexity index is 272. The average Bonchev–Trinajstić information content (AvgIpc) is 2.18. The van der Waals surface area contributed by atoms with Gasteiger partial charge in [-0.25, -0.2) is 0 Å². The van der Waals surface area contributed by atoms with Gasteiger partial charge in [0, 0.05) is 5.69 Å². The Morgan fingerprint density at radius 3 is 2.53 bits per heavy atom. The lowest BCUT2D eigenvalue weighted by Crippen LogP contribution is -2.36. The van der Waals surface area contributed by atoms with Crippen molar-refractivity contribution < 1.29 is 9.84 Å². The van der Waals surface area contributed by atoms with Crippen LogP contribution in [0.4, 0.5) is 5.69 Å². The van der Waals surface area contributed by atoms with Crippen LogP contribution in [-0.4, -0.2) is 30.5 Å². The number of hydrogen-bond acceptors (Lipinski definition) is 3. The minimum Gasteiger partial charge on any atom is -0.394 e. The second kappa shape index (κ2) is 5.73. The molecule has 0 saturated heterocycles. The van der Waals surface area contributed by atoms with Crippen LogP contribution in [0.2, 0.25) is 0 Å². The Labute approximate surface area is 91.1 Å². The van der Waals surface area contributed by atoms with Crippen molar-refractivity contribution >= 4 is 5.69 Å². The third kappa shape index (κ3) is 4.81. The number of rotatable bonds is 6. The Kier molecular flexibility index (Phi) is 4.59. The molecule has 0 heterocycles. The van der Waals surface area contributed by atoms with E-state index in [1.807, 2.05) is 30.3 Å². The number of aliphatic hydroxyl groups excluding tert-OH is 1. The molecule has 0 aromatic heterocycles. The molecule has 2 N–H and O–H groups in total. The number of ether oxygens (including phenoxy) is 1. The first-order valence-electron chi connectivity index (χ1n) is 5.16. The van der Waals surface area contributed by atoms with E-state index in [-0.39, 0.29) is 12.1 Å². The zero-order chi connectivity index (χ0) is 11.1. The van der Waals surface area contributed by atoms with Crippen LogP contribution in [0.15, 0.2) is 30.3 Å². The van der Waals surface area contributed by atoms with Crippen LogP contribution in [0.5, 0.6) is 0 Å². The third-order valence-electron chi connectivity index (χ3n) is 1.96. The summed E-state index contributed by atoms with van der Waals surface area (Å²) < 4.78 is 5.31. The average molecular weight is 209 g/mol. The summed E-state index contributed by atoms with van der Waals surface area (Å²) in [6, 6.07) is 10.0. The van der Waals surface area contributed by atoms with E-state index < -0.39 is 0 Å². The van der Waals surface area contributed by atoms with Gasteiger partial charge in [-0.15, -0.1) is 0 Å². The van der Waals surface area contributed by atoms with Crippen molar-refractivity contribution in [2.24, 2.45) is 0 Å². The van der Waals surface area contributed by atoms with Crippen LogP contribution in [0.1, 0.15) is 13.8 Å². The molecular formula is C12H19NO2. The smallest absolute Gasteiger partial charge is 0.0698 e. The first kappa shape index (κ1) is 12.0. The number of anilines is 1. The predicted molar refractivity (Wildman–Crippen MR) is 62.0 cm³/mol. The summed E-state index contributed by atoms with van der Waals surface area (Å²) in [5, 5.41) is 12.0. The van der Waals surface area contributed by atoms with Crippen molar-refractivity contribution in [2.75, 3.05) is 25.1 Å². The maximum Gasteiger partial charge on any atom is 0.0698 e. The lowest BCUT2D eigenvalue weighted by atomic mass is 10.1. The summed E-state index contributed by atoms with van der Waals surface area (Å²) in [7, 11) is 0. The summed E-state index contributed by atoms with van der Waals surface area (Å²) in [4.78, 5) is 0. The maximum atomic E-state index is 8.61. The number of para-hydroxylation sites is 1. The van der Waals surface area contributed by atoms with E-state index in [0.717, 1.165) is 5.69 Å². The molecule has 3 nitrogen and oxygen atoms in total. The third-order valence-corrected chi connectivity index (χ3v) is 1.96. The molecule has 0 fully saturated rings. The van der Waals surface area contributed by atoms with Gasteiger partial charge in [0.2, 0.25) is 0 Å². The standard InChI is InChI=1S/C12H19NO2/c1-12(2,10-15-9-8-14)13-11-6-4-3-5-7-11/h3-7,13-14H,8-10H2,1-2H3. The van der Waals surface area contributed by atoms with Crippen molar-refractivity contribution in [2.45, 2.75) is 19.4 Å². The largest absolute Gasteiger partial charge is 0.394 e. The number of hydrogen-bond donors (Lipinski definition) is 2. The molecule has 1 rings (SSSR count). The van der Waals surface area contributed by atoms with Crippen LogP contribution < -0.4 is 5.32 Å². The van der Waals surface area contributed by atoms with E-state index in [2.05, 4.69) is 19.2 Å². The Morgan fingerprint density at radius 1 is 1.27 bits per heavy atom. The molecule has 84 valence electrons. The van der Waals surface area contributed by atoms with Crippen LogP contribution in [0.3, 0.4) is 0 Å². The van der Waals surface area contributed by atoms with Crippen molar-refractivity contribution in [1.82, 2.24) is 0 Å². The SMILES string of the molecule is CC(C)(COCCO)Nc1ccccc1. The van der Waals surface area contributed by atoms with Crippen molar-refractivity contribution in [3.8, 4) is 0 Å². The summed E-state index contributed by atoms with van der Waals surface area (Å²) in [6.07, 6.45) is 0. The number of benzene rings is 1. The van der Waals surface area contributed by atoms with Gasteiger partial charge in [0.05, 0.1) is 25.4 Å². The highest BCUT2D eigenvalue weighted by Crippen LogP contribution is 2.14. The summed E-state index contributed by atoms with van der Waals surface area (Å²) in [5.74, 6) is 0. The van der Waals surface area contributed by atoms with Gasteiger partial charge in [-0.1, -0.05) is 18.2 Å². The zero-order valence-corrected chi connectivity index (χ0v) is 9.36. The van der Waals surface area contributed by atoms with Gasteiger partial charge in [0.25, 0.3) is 0 Å². The Morgan fingerprint density at radius 2 is 1.93 bits per heavy atom. The van der Waals surface area contributed by atoms with Crippen molar-refractivity contribution in [3.63, 3.8) is 0 Å². The van der Waals surface area contributed by atoms with Gasteiger partial charge in [0.1, 0.15) is 0 Å². The van der Waals surface area contributed by atoms with Crippen LogP contribution in [0.25, 0.3) is 0 Å². The van der Waals surface area contributed by atoms with Crippen LogP contribution >= 0.6 is 0 Å². The molecule has 1 aromatic rings. The van der Waals surface area contributed by atoms with Gasteiger partial charge in [-0.05, 0) is 26.0 Å². The fraction of sp³-hybridized carbons (Fsp3) is 0.500. The van der Waals surface area contributed by atoms with Gasteiger partial charge >= 0.3 is 0 Å². The molecule has 0 saturated carbocycles. The summed E-state index contributed by atoms with van der Waals surface area (Å²) in [6.45, 7) is 5.17. The van der Waals surface area contributed by atoms with E-state index in [1.54, 1.807) is 0 Å². The van der Waals surface area contributed by atoms with E-state index in [1.165, 1.54) is 0 Å². The molecule has 1 aromatic carbocycles. The number of nitrogens with one attached hydrogen (secondary N) is 1. The molecule has 0 unspecified atom stereocenters. The highest BCUT2D eigenvalue weighted by Gasteiger charge is 2.17. The highest BCUT2D eigenvalue weighted by molar-refractivity contribution is 5.44. The van der Waals surface area contributed by atoms with Gasteiger partial charge in [0.15, 0.2) is 0 Å². The van der Waals surface area contributed by atoms with E-state index in [0.29, 0.717) is 13.2 Å². The van der Waals surface area contributed by atoms with Gasteiger partial charge in [-0.3, -0.25) is 0 Å². The normalized spacial score (nSPS) is 11.4. The fourth-order valence-corrected chi connectivity index (χ4v) is 1.34. The van der Waals surface area contributed by atoms with Crippen molar-refractivity contribution in [1.29, 1.82) is 0 Å². The molecule has 15 heavy (non-hydrogen) atoms. The van der Waals surface area contributed by atoms with Gasteiger partial charge < -0.3 is 15.2 Å². The molecule has 0 spiro atoms. The monoisotopic (exact) mass is 209 g/mol. The van der Waals surface area contributed by atoms with E-state index in [4.69, 9.17) is 9.84 Å². The van der Waals surface area contributed by atoms with E-state index >= 15 is 0 Å². The summed E-state index contributed by atoms with van der Waals surface area (Å²) in [5.41, 5.74) is 0.950. The predicted octanol–water partition coefficient (Wildman–Crippen LogP) is 1.89. The highest BCUT2D eigenvalue weighted by atomic mass is 16.5. The lowest BCUT2D eigenvalue weighted by molar-refractivity contribution is 0.0710. The molecule has 0 amide bonds. The first-order valence-corrected chi connectivity index (χ1v) is 5.16. The quantitative estimate of drug-likeness (QED) is 0.703. The molecular weight excluding hydrogens is 190 g/mol. The molecule has 0 aliphatic heterocycles. The van der Waals surface area contributed by atoms with Crippen LogP contribution in [-0.2, 0) is 4.74 Å². The Balaban J connectivity index is 2.42. The molecule has 3 heteroatoms. The topological polar surface area (TPSA) is 41.5 Å². The molecule has 0 aliphatic carbocycles. The zero-order valence-electron chi connectivity index (χ0n) is 9.36. The molecule has 0 atom stereocenters. The fourth-order valence-electron chi connectivity index (χ4n) is 1.34. The minimum atomic E-state index is -0.128. The first-order chi connectivity index (χ1) is 7.14. The minimum absolute atomic E-state index is 0.0709. The second-order valence-corrected chi connectivity index (χ2v) is 4.15. The Hall–Kier alpha value is -1.06. The molecule has 0 radical (unpaired) electrons. The molecule has 0 bridgehead atoms. The summed E-state index contributed by atoms with van der Waals surface area (Å²) >= 11 is 0. The lowest BCUT2D eigenvalue weighted by Gasteiger charge is -2.27. The van der Waals surface area contributed by atoms with Gasteiger partial charge in [-0.2, -0.15) is 0 Å². The van der Waals surface area contributed by atoms with Crippen molar-refractivity contribution in [3.05, 3.63) is 30.3 Å².